The van der Waals surface area contributed by atoms with Gasteiger partial charge in [-0.1, -0.05) is 6.58 Å². The van der Waals surface area contributed by atoms with Gasteiger partial charge in [0, 0.05) is 5.57 Å². The second-order valence-electron chi connectivity index (χ2n) is 4.48. The van der Waals surface area contributed by atoms with E-state index in [2.05, 4.69) is 6.58 Å². The molecule has 4 N–H and O–H groups in total. The Morgan fingerprint density at radius 1 is 1.20 bits per heavy atom. The molecule has 116 valence electrons. The van der Waals surface area contributed by atoms with Crippen molar-refractivity contribution in [2.45, 2.75) is 37.6 Å². The van der Waals surface area contributed by atoms with Crippen LogP contribution in [-0.4, -0.2) is 76.9 Å². The monoisotopic (exact) mass is 292 g/mol. The molecule has 8 heteroatoms. The standard InChI is InChI=1S/C12H20O8/c1-6(2)11(17)18-3-4-19-12-10(16)9(15)8(14)7(5-13)20-12/h7-10,12-16H,1,3-5H2,2H3/t7?,8-,9-,10?,12+/m0/s1. The van der Waals surface area contributed by atoms with Crippen LogP contribution in [0, 0.1) is 0 Å². The Morgan fingerprint density at radius 3 is 2.40 bits per heavy atom. The Morgan fingerprint density at radius 2 is 1.85 bits per heavy atom. The smallest absolute Gasteiger partial charge is 0.333 e. The molecular formula is C12H20O8. The van der Waals surface area contributed by atoms with Crippen molar-refractivity contribution < 1.29 is 39.4 Å². The summed E-state index contributed by atoms with van der Waals surface area (Å²) >= 11 is 0. The lowest BCUT2D eigenvalue weighted by atomic mass is 9.99. The minimum absolute atomic E-state index is 0.0816. The van der Waals surface area contributed by atoms with Crippen LogP contribution in [-0.2, 0) is 19.0 Å². The van der Waals surface area contributed by atoms with E-state index in [1.54, 1.807) is 0 Å². The van der Waals surface area contributed by atoms with E-state index in [0.717, 1.165) is 0 Å². The molecule has 5 atom stereocenters. The summed E-state index contributed by atoms with van der Waals surface area (Å²) < 4.78 is 15.0. The topological polar surface area (TPSA) is 126 Å². The molecule has 0 spiro atoms. The van der Waals surface area contributed by atoms with Gasteiger partial charge in [0.15, 0.2) is 6.29 Å². The maximum absolute atomic E-state index is 11.1. The van der Waals surface area contributed by atoms with Crippen molar-refractivity contribution >= 4 is 5.97 Å². The first-order valence-electron chi connectivity index (χ1n) is 6.13. The number of hydrogen-bond acceptors (Lipinski definition) is 8. The zero-order valence-electron chi connectivity index (χ0n) is 11.1. The van der Waals surface area contributed by atoms with Crippen molar-refractivity contribution in [3.05, 3.63) is 12.2 Å². The second kappa shape index (κ2) is 7.67. The normalized spacial score (nSPS) is 33.8. The lowest BCUT2D eigenvalue weighted by Gasteiger charge is -2.39. The van der Waals surface area contributed by atoms with E-state index >= 15 is 0 Å². The van der Waals surface area contributed by atoms with Crippen molar-refractivity contribution in [2.24, 2.45) is 0 Å². The fourth-order valence-corrected chi connectivity index (χ4v) is 1.63. The molecule has 1 aliphatic rings. The number of ether oxygens (including phenoxy) is 3. The number of aliphatic hydroxyl groups is 4. The summed E-state index contributed by atoms with van der Waals surface area (Å²) in [6.45, 7) is 4.21. The van der Waals surface area contributed by atoms with Crippen LogP contribution in [0.1, 0.15) is 6.92 Å². The Bertz CT molecular complexity index is 342. The van der Waals surface area contributed by atoms with Gasteiger partial charge < -0.3 is 34.6 Å². The molecule has 8 nitrogen and oxygen atoms in total. The Kier molecular flexibility index (Phi) is 6.53. The van der Waals surface area contributed by atoms with Crippen LogP contribution >= 0.6 is 0 Å². The van der Waals surface area contributed by atoms with Crippen molar-refractivity contribution in [3.63, 3.8) is 0 Å². The van der Waals surface area contributed by atoms with Crippen molar-refractivity contribution in [1.29, 1.82) is 0 Å². The molecule has 0 amide bonds. The van der Waals surface area contributed by atoms with Gasteiger partial charge >= 0.3 is 5.97 Å². The first-order valence-corrected chi connectivity index (χ1v) is 6.13. The molecule has 0 aromatic heterocycles. The van der Waals surface area contributed by atoms with Crippen molar-refractivity contribution in [2.75, 3.05) is 19.8 Å². The maximum Gasteiger partial charge on any atom is 0.333 e. The summed E-state index contributed by atoms with van der Waals surface area (Å²) in [6.07, 6.45) is -6.66. The van der Waals surface area contributed by atoms with Gasteiger partial charge in [-0.3, -0.25) is 0 Å². The largest absolute Gasteiger partial charge is 0.460 e. The average molecular weight is 292 g/mol. The van der Waals surface area contributed by atoms with E-state index < -0.39 is 43.3 Å². The Labute approximate surface area is 116 Å². The zero-order valence-corrected chi connectivity index (χ0v) is 11.1. The minimum atomic E-state index is -1.50. The summed E-state index contributed by atoms with van der Waals surface area (Å²) in [5.74, 6) is -0.567. The van der Waals surface area contributed by atoms with Crippen LogP contribution in [0.25, 0.3) is 0 Å². The third kappa shape index (κ3) is 4.23. The van der Waals surface area contributed by atoms with Gasteiger partial charge in [-0.2, -0.15) is 0 Å². The molecule has 20 heavy (non-hydrogen) atoms. The molecule has 0 saturated carbocycles. The number of hydrogen-bond donors (Lipinski definition) is 4. The SMILES string of the molecule is C=C(C)C(=O)OCCO[C@@H]1OC(CO)[C@H](O)[C@H](O)C1O. The highest BCUT2D eigenvalue weighted by Gasteiger charge is 2.43. The number of esters is 1. The quantitative estimate of drug-likeness (QED) is 0.250. The van der Waals surface area contributed by atoms with E-state index in [4.69, 9.17) is 19.3 Å². The van der Waals surface area contributed by atoms with E-state index in [1.807, 2.05) is 0 Å². The summed E-state index contributed by atoms with van der Waals surface area (Å²) in [5.41, 5.74) is 0.248. The summed E-state index contributed by atoms with van der Waals surface area (Å²) in [6, 6.07) is 0. The number of carbonyl (C=O) groups excluding carboxylic acids is 1. The molecule has 0 bridgehead atoms. The molecule has 1 fully saturated rings. The van der Waals surface area contributed by atoms with Gasteiger partial charge in [0.1, 0.15) is 31.0 Å². The molecule has 0 aromatic carbocycles. The van der Waals surface area contributed by atoms with Crippen LogP contribution in [0.3, 0.4) is 0 Å². The van der Waals surface area contributed by atoms with E-state index in [0.29, 0.717) is 0 Å². The van der Waals surface area contributed by atoms with Gasteiger partial charge in [0.25, 0.3) is 0 Å². The van der Waals surface area contributed by atoms with Gasteiger partial charge in [0.2, 0.25) is 0 Å². The Balaban J connectivity index is 2.39. The lowest BCUT2D eigenvalue weighted by molar-refractivity contribution is -0.302. The Hall–Kier alpha value is -1.03. The van der Waals surface area contributed by atoms with Crippen LogP contribution in [0.5, 0.6) is 0 Å². The molecule has 0 aliphatic carbocycles. The van der Waals surface area contributed by atoms with Crippen LogP contribution in [0.2, 0.25) is 0 Å². The fraction of sp³-hybridized carbons (Fsp3) is 0.750. The molecule has 1 saturated heterocycles. The zero-order chi connectivity index (χ0) is 15.3. The van der Waals surface area contributed by atoms with Gasteiger partial charge in [-0.15, -0.1) is 0 Å². The summed E-state index contributed by atoms with van der Waals surface area (Å²) in [4.78, 5) is 11.1. The molecule has 2 unspecified atom stereocenters. The fourth-order valence-electron chi connectivity index (χ4n) is 1.63. The summed E-state index contributed by atoms with van der Waals surface area (Å²) in [7, 11) is 0. The van der Waals surface area contributed by atoms with Gasteiger partial charge in [0.05, 0.1) is 13.2 Å². The highest BCUT2D eigenvalue weighted by Crippen LogP contribution is 2.21. The predicted octanol–water partition coefficient (Wildman–Crippen LogP) is -2.08. The molecular weight excluding hydrogens is 272 g/mol. The second-order valence-corrected chi connectivity index (χ2v) is 4.48. The maximum atomic E-state index is 11.1. The van der Waals surface area contributed by atoms with E-state index in [-0.39, 0.29) is 18.8 Å². The number of aliphatic hydroxyl groups excluding tert-OH is 4. The first kappa shape index (κ1) is 17.0. The summed E-state index contributed by atoms with van der Waals surface area (Å²) in [5, 5.41) is 37.7. The van der Waals surface area contributed by atoms with E-state index in [1.165, 1.54) is 6.92 Å². The third-order valence-electron chi connectivity index (χ3n) is 2.80. The predicted molar refractivity (Wildman–Crippen MR) is 65.5 cm³/mol. The van der Waals surface area contributed by atoms with Gasteiger partial charge in [-0.05, 0) is 6.92 Å². The van der Waals surface area contributed by atoms with Crippen LogP contribution in [0.4, 0.5) is 0 Å². The highest BCUT2D eigenvalue weighted by atomic mass is 16.7. The van der Waals surface area contributed by atoms with Gasteiger partial charge in [-0.25, -0.2) is 4.79 Å². The lowest BCUT2D eigenvalue weighted by Crippen LogP contribution is -2.59. The highest BCUT2D eigenvalue weighted by molar-refractivity contribution is 5.86. The van der Waals surface area contributed by atoms with E-state index in [9.17, 15) is 20.1 Å². The van der Waals surface area contributed by atoms with Crippen molar-refractivity contribution in [1.82, 2.24) is 0 Å². The van der Waals surface area contributed by atoms with Crippen LogP contribution in [0.15, 0.2) is 12.2 Å². The molecule has 0 aromatic rings. The third-order valence-corrected chi connectivity index (χ3v) is 2.80. The average Bonchev–Trinajstić information content (AvgIpc) is 2.42. The van der Waals surface area contributed by atoms with Crippen molar-refractivity contribution in [3.8, 4) is 0 Å². The molecule has 0 radical (unpaired) electrons. The molecule has 1 aliphatic heterocycles. The van der Waals surface area contributed by atoms with Crippen LogP contribution < -0.4 is 0 Å². The molecule has 1 heterocycles. The number of carbonyl (C=O) groups is 1. The minimum Gasteiger partial charge on any atom is -0.460 e. The molecule has 1 rings (SSSR count). The number of rotatable bonds is 6. The first-order chi connectivity index (χ1) is 9.38.